The predicted octanol–water partition coefficient (Wildman–Crippen LogP) is 5.32. The molecule has 1 aliphatic heterocycles. The molecule has 138 valence electrons. The molecule has 1 saturated carbocycles. The van der Waals surface area contributed by atoms with E-state index in [2.05, 4.69) is 54.5 Å². The van der Waals surface area contributed by atoms with Crippen LogP contribution in [0.5, 0.6) is 5.75 Å². The second-order valence-corrected chi connectivity index (χ2v) is 7.60. The van der Waals surface area contributed by atoms with Crippen molar-refractivity contribution in [2.45, 2.75) is 50.0 Å². The molecular weight excluding hydrogens is 318 g/mol. The molecule has 2 bridgehead atoms. The number of aromatic hydroxyl groups is 1. The van der Waals surface area contributed by atoms with E-state index in [1.165, 1.54) is 56.3 Å². The van der Waals surface area contributed by atoms with E-state index < -0.39 is 0 Å². The summed E-state index contributed by atoms with van der Waals surface area (Å²) in [6, 6.07) is 19.6. The van der Waals surface area contributed by atoms with Gasteiger partial charge in [-0.15, -0.1) is 13.2 Å². The van der Waals surface area contributed by atoms with Gasteiger partial charge in [0.15, 0.2) is 0 Å². The zero-order valence-corrected chi connectivity index (χ0v) is 15.7. The maximum atomic E-state index is 9.89. The van der Waals surface area contributed by atoms with Crippen LogP contribution in [0.25, 0.3) is 0 Å². The van der Waals surface area contributed by atoms with Crippen LogP contribution in [0.1, 0.15) is 43.2 Å². The van der Waals surface area contributed by atoms with Crippen molar-refractivity contribution >= 4 is 0 Å². The minimum Gasteiger partial charge on any atom is -0.508 e. The Bertz CT molecular complexity index is 698. The van der Waals surface area contributed by atoms with Gasteiger partial charge in [-0.1, -0.05) is 48.9 Å². The van der Waals surface area contributed by atoms with Crippen LogP contribution in [0.4, 0.5) is 0 Å². The maximum absolute atomic E-state index is 9.89. The largest absolute Gasteiger partial charge is 0.508 e. The van der Waals surface area contributed by atoms with Gasteiger partial charge in [-0.05, 0) is 67.3 Å². The predicted molar refractivity (Wildman–Crippen MR) is 110 cm³/mol. The smallest absolute Gasteiger partial charge is 0.115 e. The van der Waals surface area contributed by atoms with Gasteiger partial charge in [-0.3, -0.25) is 4.90 Å². The average molecular weight is 350 g/mol. The first kappa shape index (κ1) is 18.7. The summed E-state index contributed by atoms with van der Waals surface area (Å²) in [6.07, 6.45) is 7.54. The molecule has 0 spiro atoms. The van der Waals surface area contributed by atoms with Crippen molar-refractivity contribution in [3.8, 4) is 5.75 Å². The van der Waals surface area contributed by atoms with Crippen LogP contribution < -0.4 is 0 Å². The van der Waals surface area contributed by atoms with Crippen LogP contribution >= 0.6 is 0 Å². The monoisotopic (exact) mass is 349 g/mol. The molecule has 1 N–H and O–H groups in total. The molecule has 0 aromatic heterocycles. The van der Waals surface area contributed by atoms with E-state index in [0.717, 1.165) is 6.42 Å². The molecule has 1 heterocycles. The van der Waals surface area contributed by atoms with Gasteiger partial charge in [0.1, 0.15) is 5.75 Å². The summed E-state index contributed by atoms with van der Waals surface area (Å²) in [7, 11) is 0. The van der Waals surface area contributed by atoms with Gasteiger partial charge in [-0.25, -0.2) is 0 Å². The first-order valence-corrected chi connectivity index (χ1v) is 9.83. The van der Waals surface area contributed by atoms with Gasteiger partial charge >= 0.3 is 0 Å². The maximum Gasteiger partial charge on any atom is 0.115 e. The lowest BCUT2D eigenvalue weighted by Crippen LogP contribution is -2.52. The number of nitrogens with zero attached hydrogens (tertiary/aromatic N) is 1. The molecule has 4 rings (SSSR count). The highest BCUT2D eigenvalue weighted by Crippen LogP contribution is 2.47. The van der Waals surface area contributed by atoms with Crippen LogP contribution in [0.15, 0.2) is 67.8 Å². The molecule has 0 amide bonds. The minimum absolute atomic E-state index is 0.297. The highest BCUT2D eigenvalue weighted by Gasteiger charge is 2.43. The Kier molecular flexibility index (Phi) is 6.16. The highest BCUT2D eigenvalue weighted by atomic mass is 16.3. The van der Waals surface area contributed by atoms with Crippen LogP contribution in [0.2, 0.25) is 0 Å². The molecule has 26 heavy (non-hydrogen) atoms. The molecule has 1 saturated heterocycles. The Morgan fingerprint density at radius 1 is 1.04 bits per heavy atom. The number of phenols is 1. The highest BCUT2D eigenvalue weighted by molar-refractivity contribution is 5.34. The number of piperidine rings is 1. The molecule has 1 unspecified atom stereocenters. The van der Waals surface area contributed by atoms with Crippen LogP contribution in [-0.2, 0) is 11.8 Å². The summed E-state index contributed by atoms with van der Waals surface area (Å²) in [5, 5.41) is 9.89. The third-order valence-electron chi connectivity index (χ3n) is 6.20. The lowest BCUT2D eigenvalue weighted by atomic mass is 9.63. The zero-order chi connectivity index (χ0) is 18.4. The normalized spacial score (nSPS) is 25.2. The summed E-state index contributed by atoms with van der Waals surface area (Å²) in [6.45, 7) is 8.36. The van der Waals surface area contributed by atoms with Crippen LogP contribution in [0.3, 0.4) is 0 Å². The van der Waals surface area contributed by atoms with Gasteiger partial charge < -0.3 is 5.11 Å². The fraction of sp³-hybridized carbons (Fsp3) is 0.417. The number of hydrogen-bond acceptors (Lipinski definition) is 2. The van der Waals surface area contributed by atoms with Gasteiger partial charge in [0.25, 0.3) is 0 Å². The van der Waals surface area contributed by atoms with Gasteiger partial charge in [0, 0.05) is 12.6 Å². The number of fused-ring (bicyclic) bond motifs is 2. The second kappa shape index (κ2) is 8.55. The van der Waals surface area contributed by atoms with Crippen molar-refractivity contribution in [3.63, 3.8) is 0 Å². The molecular formula is C24H31NO. The van der Waals surface area contributed by atoms with Crippen molar-refractivity contribution in [1.29, 1.82) is 0 Å². The molecule has 2 aromatic carbocycles. The quantitative estimate of drug-likeness (QED) is 0.755. The molecule has 2 heteroatoms. The van der Waals surface area contributed by atoms with Gasteiger partial charge in [-0.2, -0.15) is 0 Å². The molecule has 1 aliphatic carbocycles. The van der Waals surface area contributed by atoms with Crippen molar-refractivity contribution in [2.24, 2.45) is 0 Å². The molecule has 2 atom stereocenters. The van der Waals surface area contributed by atoms with Crippen LogP contribution in [0, 0.1) is 0 Å². The minimum atomic E-state index is 0.297. The van der Waals surface area contributed by atoms with Crippen molar-refractivity contribution < 1.29 is 5.11 Å². The summed E-state index contributed by atoms with van der Waals surface area (Å²) >= 11 is 0. The van der Waals surface area contributed by atoms with Crippen molar-refractivity contribution in [1.82, 2.24) is 4.90 Å². The van der Waals surface area contributed by atoms with Crippen molar-refractivity contribution in [3.05, 3.63) is 78.9 Å². The number of likely N-dealkylation sites (tertiary alicyclic amines) is 1. The lowest BCUT2D eigenvalue weighted by molar-refractivity contribution is 0.0524. The average Bonchev–Trinajstić information content (AvgIpc) is 2.70. The fourth-order valence-electron chi connectivity index (χ4n) is 4.86. The second-order valence-electron chi connectivity index (χ2n) is 7.60. The summed E-state index contributed by atoms with van der Waals surface area (Å²) in [5.74, 6) is 0.413. The van der Waals surface area contributed by atoms with E-state index in [4.69, 9.17) is 0 Å². The Morgan fingerprint density at radius 3 is 2.62 bits per heavy atom. The van der Waals surface area contributed by atoms with E-state index in [1.54, 1.807) is 6.07 Å². The van der Waals surface area contributed by atoms with Gasteiger partial charge in [0.05, 0.1) is 0 Å². The summed E-state index contributed by atoms with van der Waals surface area (Å²) < 4.78 is 0. The third-order valence-corrected chi connectivity index (χ3v) is 6.20. The first-order chi connectivity index (χ1) is 12.8. The molecule has 2 aromatic rings. The molecule has 2 aliphatic rings. The SMILES string of the molecule is C=C.Oc1cccc([C@@]23CCCC(C2)N(CCc2ccccc2)CC3)c1. The van der Waals surface area contributed by atoms with E-state index in [1.807, 2.05) is 12.1 Å². The standard InChI is InChI=1S/C22H27NO.C2H4/c24-21-10-4-8-19(16-21)22-12-5-9-20(17-22)23(15-13-22)14-11-18-6-2-1-3-7-18;1-2/h1-4,6-8,10,16,20,24H,5,9,11-15,17H2;1-2H2/t20?,22-;/m1./s1. The number of hydrogen-bond donors (Lipinski definition) is 1. The van der Waals surface area contributed by atoms with E-state index in [-0.39, 0.29) is 0 Å². The van der Waals surface area contributed by atoms with E-state index in [0.29, 0.717) is 17.2 Å². The lowest BCUT2D eigenvalue weighted by Gasteiger charge is -2.51. The molecule has 2 fully saturated rings. The Morgan fingerprint density at radius 2 is 1.85 bits per heavy atom. The summed E-state index contributed by atoms with van der Waals surface area (Å²) in [4.78, 5) is 2.72. The summed E-state index contributed by atoms with van der Waals surface area (Å²) in [5.41, 5.74) is 3.10. The Labute approximate surface area is 158 Å². The van der Waals surface area contributed by atoms with E-state index >= 15 is 0 Å². The Balaban J connectivity index is 0.000000948. The number of benzene rings is 2. The number of rotatable bonds is 4. The zero-order valence-electron chi connectivity index (χ0n) is 15.7. The number of phenolic OH excluding ortho intramolecular Hbond substituents is 1. The first-order valence-electron chi connectivity index (χ1n) is 9.83. The molecule has 0 radical (unpaired) electrons. The fourth-order valence-corrected chi connectivity index (χ4v) is 4.86. The van der Waals surface area contributed by atoms with Crippen molar-refractivity contribution in [2.75, 3.05) is 13.1 Å². The van der Waals surface area contributed by atoms with Crippen LogP contribution in [-0.4, -0.2) is 29.1 Å². The third kappa shape index (κ3) is 4.02. The van der Waals surface area contributed by atoms with Gasteiger partial charge in [0.2, 0.25) is 0 Å². The Hall–Kier alpha value is -2.06. The topological polar surface area (TPSA) is 23.5 Å². The molecule has 2 nitrogen and oxygen atoms in total. The van der Waals surface area contributed by atoms with E-state index in [9.17, 15) is 5.11 Å².